The number of fused-ring (bicyclic) bond motifs is 2. The van der Waals surface area contributed by atoms with E-state index in [9.17, 15) is 4.79 Å². The maximum absolute atomic E-state index is 13.1. The van der Waals surface area contributed by atoms with Crippen LogP contribution in [0.25, 0.3) is 5.65 Å². The molecule has 3 aromatic rings. The van der Waals surface area contributed by atoms with Gasteiger partial charge in [-0.05, 0) is 38.8 Å². The molecule has 0 bridgehead atoms. The van der Waals surface area contributed by atoms with Crippen LogP contribution >= 0.6 is 0 Å². The molecule has 2 fully saturated rings. The number of nitrogens with zero attached hydrogens (tertiary/aromatic N) is 7. The second kappa shape index (κ2) is 6.41. The van der Waals surface area contributed by atoms with Crippen LogP contribution in [0.15, 0.2) is 24.5 Å². The minimum atomic E-state index is 0.00824. The number of aryl methyl sites for hydroxylation is 3. The second-order valence-corrected chi connectivity index (χ2v) is 8.09. The summed E-state index contributed by atoms with van der Waals surface area (Å²) in [7, 11) is 2.03. The van der Waals surface area contributed by atoms with Crippen LogP contribution in [0, 0.1) is 19.8 Å². The minimum Gasteiger partial charge on any atom is -0.337 e. The van der Waals surface area contributed by atoms with Crippen LogP contribution < -0.4 is 0 Å². The third kappa shape index (κ3) is 2.79. The van der Waals surface area contributed by atoms with Gasteiger partial charge in [0.15, 0.2) is 11.3 Å². The molecular weight excluding hydrogens is 354 g/mol. The van der Waals surface area contributed by atoms with Crippen LogP contribution in [0.3, 0.4) is 0 Å². The standard InChI is InChI=1S/C20H25N7O/c1-13-8-14(2)27-18(22-13)9-16(23-27)20(28)26-10-15-4-6-25(17(15)11-26)12-19-21-5-7-24(19)3/h5,7-9,15,17H,4,6,10-12H2,1-3H3. The largest absolute Gasteiger partial charge is 0.337 e. The zero-order valence-corrected chi connectivity index (χ0v) is 16.5. The minimum absolute atomic E-state index is 0.00824. The predicted octanol–water partition coefficient (Wildman–Crippen LogP) is 1.43. The third-order valence-electron chi connectivity index (χ3n) is 6.17. The molecule has 0 spiro atoms. The summed E-state index contributed by atoms with van der Waals surface area (Å²) in [6.45, 7) is 7.41. The Balaban J connectivity index is 1.34. The van der Waals surface area contributed by atoms with Gasteiger partial charge in [-0.25, -0.2) is 14.5 Å². The lowest BCUT2D eigenvalue weighted by Gasteiger charge is -2.24. The van der Waals surface area contributed by atoms with E-state index in [1.165, 1.54) is 0 Å². The van der Waals surface area contributed by atoms with Crippen molar-refractivity contribution in [2.45, 2.75) is 32.9 Å². The molecule has 5 rings (SSSR count). The van der Waals surface area contributed by atoms with Crippen molar-refractivity contribution in [1.82, 2.24) is 33.9 Å². The first-order valence-corrected chi connectivity index (χ1v) is 9.83. The highest BCUT2D eigenvalue weighted by Crippen LogP contribution is 2.33. The summed E-state index contributed by atoms with van der Waals surface area (Å²) in [5.41, 5.74) is 3.14. The van der Waals surface area contributed by atoms with Gasteiger partial charge in [-0.15, -0.1) is 0 Å². The summed E-state index contributed by atoms with van der Waals surface area (Å²) in [6, 6.07) is 4.19. The Hall–Kier alpha value is -2.74. The molecule has 3 aromatic heterocycles. The summed E-state index contributed by atoms with van der Waals surface area (Å²) in [4.78, 5) is 26.5. The lowest BCUT2D eigenvalue weighted by molar-refractivity contribution is 0.0763. The van der Waals surface area contributed by atoms with E-state index in [0.29, 0.717) is 17.7 Å². The van der Waals surface area contributed by atoms with Crippen molar-refractivity contribution in [2.75, 3.05) is 19.6 Å². The van der Waals surface area contributed by atoms with Gasteiger partial charge in [0.05, 0.1) is 6.54 Å². The molecule has 28 heavy (non-hydrogen) atoms. The van der Waals surface area contributed by atoms with Crippen LogP contribution in [0.4, 0.5) is 0 Å². The van der Waals surface area contributed by atoms with Crippen molar-refractivity contribution < 1.29 is 4.79 Å². The van der Waals surface area contributed by atoms with E-state index in [-0.39, 0.29) is 5.91 Å². The van der Waals surface area contributed by atoms with Crippen LogP contribution in [-0.4, -0.2) is 65.5 Å². The first kappa shape index (κ1) is 17.4. The first-order chi connectivity index (χ1) is 13.5. The Labute approximate surface area is 163 Å². The van der Waals surface area contributed by atoms with Gasteiger partial charge < -0.3 is 9.47 Å². The Morgan fingerprint density at radius 2 is 2.11 bits per heavy atom. The van der Waals surface area contributed by atoms with Crippen molar-refractivity contribution in [1.29, 1.82) is 0 Å². The van der Waals surface area contributed by atoms with Crippen molar-refractivity contribution in [3.05, 3.63) is 47.4 Å². The first-order valence-electron chi connectivity index (χ1n) is 9.83. The van der Waals surface area contributed by atoms with Gasteiger partial charge in [0.2, 0.25) is 0 Å². The van der Waals surface area contributed by atoms with Crippen LogP contribution in [0.2, 0.25) is 0 Å². The Morgan fingerprint density at radius 1 is 1.25 bits per heavy atom. The number of amides is 1. The Kier molecular flexibility index (Phi) is 3.97. The molecule has 0 N–H and O–H groups in total. The number of carbonyl (C=O) groups excluding carboxylic acids is 1. The van der Waals surface area contributed by atoms with Gasteiger partial charge in [0, 0.05) is 56.0 Å². The number of hydrogen-bond donors (Lipinski definition) is 0. The topological polar surface area (TPSA) is 71.6 Å². The fourth-order valence-electron chi connectivity index (χ4n) is 4.69. The van der Waals surface area contributed by atoms with Gasteiger partial charge >= 0.3 is 0 Å². The van der Waals surface area contributed by atoms with Gasteiger partial charge in [0.1, 0.15) is 5.82 Å². The fraction of sp³-hybridized carbons (Fsp3) is 0.500. The predicted molar refractivity (Wildman–Crippen MR) is 104 cm³/mol. The summed E-state index contributed by atoms with van der Waals surface area (Å²) in [5.74, 6) is 1.61. The zero-order chi connectivity index (χ0) is 19.4. The van der Waals surface area contributed by atoms with Crippen molar-refractivity contribution in [3.63, 3.8) is 0 Å². The number of carbonyl (C=O) groups is 1. The quantitative estimate of drug-likeness (QED) is 0.688. The molecule has 0 saturated carbocycles. The molecule has 2 aliphatic rings. The molecule has 2 aliphatic heterocycles. The molecule has 8 nitrogen and oxygen atoms in total. The molecule has 0 radical (unpaired) electrons. The van der Waals surface area contributed by atoms with Crippen molar-refractivity contribution >= 4 is 11.6 Å². The average Bonchev–Trinajstić information content (AvgIpc) is 3.40. The number of rotatable bonds is 3. The van der Waals surface area contributed by atoms with Gasteiger partial charge in [-0.3, -0.25) is 9.69 Å². The van der Waals surface area contributed by atoms with E-state index in [0.717, 1.165) is 55.5 Å². The monoisotopic (exact) mass is 379 g/mol. The molecule has 2 atom stereocenters. The van der Waals surface area contributed by atoms with Crippen LogP contribution in [0.1, 0.15) is 34.1 Å². The van der Waals surface area contributed by atoms with Gasteiger partial charge in [0.25, 0.3) is 5.91 Å². The van der Waals surface area contributed by atoms with E-state index < -0.39 is 0 Å². The smallest absolute Gasteiger partial charge is 0.274 e. The van der Waals surface area contributed by atoms with E-state index in [4.69, 9.17) is 0 Å². The number of aromatic nitrogens is 5. The number of hydrogen-bond acceptors (Lipinski definition) is 5. The molecule has 146 valence electrons. The van der Waals surface area contributed by atoms with E-state index in [2.05, 4.69) is 24.5 Å². The Bertz CT molecular complexity index is 1050. The molecule has 2 unspecified atom stereocenters. The van der Waals surface area contributed by atoms with Crippen LogP contribution in [-0.2, 0) is 13.6 Å². The second-order valence-electron chi connectivity index (χ2n) is 8.09. The summed E-state index contributed by atoms with van der Waals surface area (Å²) < 4.78 is 3.82. The number of likely N-dealkylation sites (tertiary alicyclic amines) is 2. The molecule has 1 amide bonds. The average molecular weight is 379 g/mol. The zero-order valence-electron chi connectivity index (χ0n) is 16.5. The highest BCUT2D eigenvalue weighted by Gasteiger charge is 2.43. The summed E-state index contributed by atoms with van der Waals surface area (Å²) in [6.07, 6.45) is 4.95. The normalized spacial score (nSPS) is 22.3. The van der Waals surface area contributed by atoms with E-state index >= 15 is 0 Å². The molecular formula is C20H25N7O. The van der Waals surface area contributed by atoms with Crippen molar-refractivity contribution in [3.8, 4) is 0 Å². The molecule has 0 aliphatic carbocycles. The highest BCUT2D eigenvalue weighted by molar-refractivity contribution is 5.93. The molecule has 0 aromatic carbocycles. The van der Waals surface area contributed by atoms with Gasteiger partial charge in [-0.2, -0.15) is 5.10 Å². The molecule has 8 heteroatoms. The lowest BCUT2D eigenvalue weighted by atomic mass is 10.1. The van der Waals surface area contributed by atoms with Gasteiger partial charge in [-0.1, -0.05) is 0 Å². The van der Waals surface area contributed by atoms with E-state index in [1.807, 2.05) is 50.3 Å². The summed E-state index contributed by atoms with van der Waals surface area (Å²) in [5, 5.41) is 4.52. The van der Waals surface area contributed by atoms with Crippen LogP contribution in [0.5, 0.6) is 0 Å². The molecule has 2 saturated heterocycles. The lowest BCUT2D eigenvalue weighted by Crippen LogP contribution is -2.37. The third-order valence-corrected chi connectivity index (χ3v) is 6.17. The highest BCUT2D eigenvalue weighted by atomic mass is 16.2. The fourth-order valence-corrected chi connectivity index (χ4v) is 4.69. The molecule has 5 heterocycles. The summed E-state index contributed by atoms with van der Waals surface area (Å²) >= 11 is 0. The number of imidazole rings is 1. The Morgan fingerprint density at radius 3 is 2.89 bits per heavy atom. The van der Waals surface area contributed by atoms with Crippen molar-refractivity contribution in [2.24, 2.45) is 13.0 Å². The maximum Gasteiger partial charge on any atom is 0.274 e. The SMILES string of the molecule is Cc1cc(C)n2nc(C(=O)N3CC4CCN(Cc5nccn5C)C4C3)cc2n1. The maximum atomic E-state index is 13.1. The van der Waals surface area contributed by atoms with E-state index in [1.54, 1.807) is 4.52 Å².